The highest BCUT2D eigenvalue weighted by molar-refractivity contribution is 5.86. The predicted molar refractivity (Wildman–Crippen MR) is 73.2 cm³/mol. The van der Waals surface area contributed by atoms with Crippen LogP contribution in [-0.2, 0) is 0 Å². The van der Waals surface area contributed by atoms with Gasteiger partial charge in [0.05, 0.1) is 5.69 Å². The second kappa shape index (κ2) is 4.10. The number of H-pyrrole nitrogens is 1. The van der Waals surface area contributed by atoms with E-state index in [-0.39, 0.29) is 0 Å². The number of nitrogens with zero attached hydrogens (tertiary/aromatic N) is 3. The Morgan fingerprint density at radius 2 is 2.05 bits per heavy atom. The second-order valence-electron chi connectivity index (χ2n) is 4.40. The number of fused-ring (bicyclic) bond motifs is 1. The van der Waals surface area contributed by atoms with Crippen LogP contribution < -0.4 is 5.73 Å². The third kappa shape index (κ3) is 1.89. The topological polar surface area (TPSA) is 91.4 Å². The molecular weight excluding hydrogens is 238 g/mol. The fourth-order valence-electron chi connectivity index (χ4n) is 2.13. The van der Waals surface area contributed by atoms with Crippen LogP contribution in [-0.4, -0.2) is 15.2 Å². The summed E-state index contributed by atoms with van der Waals surface area (Å²) in [7, 11) is 0. The van der Waals surface area contributed by atoms with Crippen LogP contribution in [0, 0.1) is 18.3 Å². The third-order valence-electron chi connectivity index (χ3n) is 3.02. The van der Waals surface area contributed by atoms with Crippen LogP contribution >= 0.6 is 0 Å². The van der Waals surface area contributed by atoms with Gasteiger partial charge in [-0.05, 0) is 30.7 Å². The van der Waals surface area contributed by atoms with E-state index in [0.717, 1.165) is 27.7 Å². The Morgan fingerprint density at radius 1 is 1.21 bits per heavy atom. The van der Waals surface area contributed by atoms with Crippen molar-refractivity contribution in [3.63, 3.8) is 0 Å². The first-order valence-electron chi connectivity index (χ1n) is 5.80. The van der Waals surface area contributed by atoms with Gasteiger partial charge in [0.15, 0.2) is 0 Å². The van der Waals surface area contributed by atoms with Gasteiger partial charge in [-0.2, -0.15) is 5.26 Å². The zero-order valence-corrected chi connectivity index (χ0v) is 10.3. The summed E-state index contributed by atoms with van der Waals surface area (Å²) in [5.74, 6) is 0.411. The highest BCUT2D eigenvalue weighted by Crippen LogP contribution is 2.25. The molecular formula is C14H11N5. The zero-order valence-electron chi connectivity index (χ0n) is 10.3. The molecule has 3 rings (SSSR count). The molecule has 92 valence electrons. The summed E-state index contributed by atoms with van der Waals surface area (Å²) in [6.45, 7) is 1.94. The summed E-state index contributed by atoms with van der Waals surface area (Å²) in [6, 6.07) is 11.6. The monoisotopic (exact) mass is 249 g/mol. The third-order valence-corrected chi connectivity index (χ3v) is 3.02. The van der Waals surface area contributed by atoms with E-state index in [1.54, 1.807) is 6.07 Å². The van der Waals surface area contributed by atoms with E-state index < -0.39 is 0 Å². The minimum atomic E-state index is 0.411. The predicted octanol–water partition coefficient (Wildman–Crippen LogP) is 2.39. The number of nitriles is 1. The maximum absolute atomic E-state index is 8.88. The van der Waals surface area contributed by atoms with Crippen molar-refractivity contribution in [1.82, 2.24) is 15.2 Å². The molecule has 5 nitrogen and oxygen atoms in total. The molecule has 0 saturated heterocycles. The molecule has 0 atom stereocenters. The lowest BCUT2D eigenvalue weighted by Gasteiger charge is -2.04. The van der Waals surface area contributed by atoms with Crippen molar-refractivity contribution in [3.8, 4) is 17.3 Å². The molecule has 0 spiro atoms. The van der Waals surface area contributed by atoms with E-state index >= 15 is 0 Å². The van der Waals surface area contributed by atoms with Crippen molar-refractivity contribution in [3.05, 3.63) is 41.6 Å². The maximum atomic E-state index is 8.88. The number of aryl methyl sites for hydroxylation is 1. The molecule has 0 amide bonds. The lowest BCUT2D eigenvalue weighted by Crippen LogP contribution is -1.97. The van der Waals surface area contributed by atoms with Gasteiger partial charge in [-0.3, -0.25) is 0 Å². The average Bonchev–Trinajstić information content (AvgIpc) is 2.80. The lowest BCUT2D eigenvalue weighted by molar-refractivity contribution is 1.03. The van der Waals surface area contributed by atoms with Crippen LogP contribution in [0.5, 0.6) is 0 Å². The Bertz CT molecular complexity index is 810. The number of anilines is 1. The van der Waals surface area contributed by atoms with Crippen LogP contribution in [0.15, 0.2) is 30.3 Å². The van der Waals surface area contributed by atoms with Gasteiger partial charge in [-0.25, -0.2) is 0 Å². The summed E-state index contributed by atoms with van der Waals surface area (Å²) in [5, 5.41) is 17.9. The van der Waals surface area contributed by atoms with E-state index in [0.29, 0.717) is 11.5 Å². The number of rotatable bonds is 1. The fraction of sp³-hybridized carbons (Fsp3) is 0.0714. The number of benzene rings is 1. The van der Waals surface area contributed by atoms with Gasteiger partial charge >= 0.3 is 0 Å². The first-order chi connectivity index (χ1) is 9.17. The molecule has 0 aliphatic heterocycles. The number of hydrogen-bond acceptors (Lipinski definition) is 4. The molecule has 0 unspecified atom stereocenters. The van der Waals surface area contributed by atoms with Crippen LogP contribution in [0.3, 0.4) is 0 Å². The van der Waals surface area contributed by atoms with Gasteiger partial charge in [0.2, 0.25) is 0 Å². The standard InChI is InChI=1S/C14H11N5/c1-8-4-13(16)18-19-14(8)10-3-2-9-5-11(7-15)17-12(9)6-10/h2-6,17H,1H3,(H2,16,18). The number of nitrogens with one attached hydrogen (secondary N) is 1. The Hall–Kier alpha value is -2.87. The Balaban J connectivity index is 2.17. The number of aromatic amines is 1. The second-order valence-corrected chi connectivity index (χ2v) is 4.40. The lowest BCUT2D eigenvalue weighted by atomic mass is 10.1. The molecule has 2 aromatic heterocycles. The van der Waals surface area contributed by atoms with Crippen molar-refractivity contribution in [2.45, 2.75) is 6.92 Å². The molecule has 0 aliphatic rings. The maximum Gasteiger partial charge on any atom is 0.146 e. The smallest absolute Gasteiger partial charge is 0.146 e. The molecule has 5 heteroatoms. The van der Waals surface area contributed by atoms with Gasteiger partial charge < -0.3 is 10.7 Å². The molecule has 19 heavy (non-hydrogen) atoms. The fourth-order valence-corrected chi connectivity index (χ4v) is 2.13. The summed E-state index contributed by atoms with van der Waals surface area (Å²) in [6.07, 6.45) is 0. The van der Waals surface area contributed by atoms with Crippen molar-refractivity contribution < 1.29 is 0 Å². The number of nitrogen functional groups attached to an aromatic ring is 1. The molecule has 0 fully saturated rings. The van der Waals surface area contributed by atoms with E-state index in [2.05, 4.69) is 21.3 Å². The molecule has 3 N–H and O–H groups in total. The quantitative estimate of drug-likeness (QED) is 0.692. The molecule has 3 aromatic rings. The number of aromatic nitrogens is 3. The first-order valence-corrected chi connectivity index (χ1v) is 5.80. The summed E-state index contributed by atoms with van der Waals surface area (Å²) >= 11 is 0. The van der Waals surface area contributed by atoms with Crippen LogP contribution in [0.4, 0.5) is 5.82 Å². The molecule has 2 heterocycles. The van der Waals surface area contributed by atoms with Crippen molar-refractivity contribution in [1.29, 1.82) is 5.26 Å². The molecule has 0 saturated carbocycles. The molecule has 1 aromatic carbocycles. The highest BCUT2D eigenvalue weighted by atomic mass is 15.1. The Kier molecular flexibility index (Phi) is 2.43. The van der Waals surface area contributed by atoms with Gasteiger partial charge in [-0.15, -0.1) is 10.2 Å². The van der Waals surface area contributed by atoms with Gasteiger partial charge in [0, 0.05) is 16.5 Å². The van der Waals surface area contributed by atoms with E-state index in [4.69, 9.17) is 11.0 Å². The van der Waals surface area contributed by atoms with E-state index in [9.17, 15) is 0 Å². The van der Waals surface area contributed by atoms with Gasteiger partial charge in [0.1, 0.15) is 17.6 Å². The zero-order chi connectivity index (χ0) is 13.4. The van der Waals surface area contributed by atoms with Crippen molar-refractivity contribution in [2.75, 3.05) is 5.73 Å². The van der Waals surface area contributed by atoms with E-state index in [1.165, 1.54) is 0 Å². The van der Waals surface area contributed by atoms with Crippen LogP contribution in [0.2, 0.25) is 0 Å². The molecule has 0 aliphatic carbocycles. The molecule has 0 bridgehead atoms. The highest BCUT2D eigenvalue weighted by Gasteiger charge is 2.07. The Morgan fingerprint density at radius 3 is 2.79 bits per heavy atom. The number of hydrogen-bond donors (Lipinski definition) is 2. The van der Waals surface area contributed by atoms with Crippen molar-refractivity contribution >= 4 is 16.7 Å². The first kappa shape index (κ1) is 11.2. The van der Waals surface area contributed by atoms with E-state index in [1.807, 2.05) is 31.2 Å². The summed E-state index contributed by atoms with van der Waals surface area (Å²) in [5.41, 5.74) is 9.77. The van der Waals surface area contributed by atoms with Gasteiger partial charge in [-0.1, -0.05) is 12.1 Å². The Labute approximate surface area is 109 Å². The SMILES string of the molecule is Cc1cc(N)nnc1-c1ccc2cc(C#N)[nH]c2c1. The van der Waals surface area contributed by atoms with Gasteiger partial charge in [0.25, 0.3) is 0 Å². The van der Waals surface area contributed by atoms with Crippen molar-refractivity contribution in [2.24, 2.45) is 0 Å². The summed E-state index contributed by atoms with van der Waals surface area (Å²) < 4.78 is 0. The molecule has 0 radical (unpaired) electrons. The summed E-state index contributed by atoms with van der Waals surface area (Å²) in [4.78, 5) is 3.05. The van der Waals surface area contributed by atoms with Crippen LogP contribution in [0.25, 0.3) is 22.2 Å². The minimum absolute atomic E-state index is 0.411. The normalized spacial score (nSPS) is 10.5. The largest absolute Gasteiger partial charge is 0.382 e. The average molecular weight is 249 g/mol. The van der Waals surface area contributed by atoms with Crippen LogP contribution in [0.1, 0.15) is 11.3 Å². The number of nitrogens with two attached hydrogens (primary N) is 1. The minimum Gasteiger partial charge on any atom is -0.382 e.